The number of ether oxygens (including phenoxy) is 1. The van der Waals surface area contributed by atoms with E-state index in [1.807, 2.05) is 6.07 Å². The molecule has 1 atom stereocenters. The van der Waals surface area contributed by atoms with Crippen LogP contribution in [0.3, 0.4) is 0 Å². The second-order valence-corrected chi connectivity index (χ2v) is 5.27. The van der Waals surface area contributed by atoms with Gasteiger partial charge in [0.1, 0.15) is 5.82 Å². The van der Waals surface area contributed by atoms with E-state index in [4.69, 9.17) is 4.74 Å². The van der Waals surface area contributed by atoms with E-state index in [1.165, 1.54) is 12.8 Å². The third-order valence-corrected chi connectivity index (χ3v) is 3.78. The first-order valence-corrected chi connectivity index (χ1v) is 7.32. The highest BCUT2D eigenvalue weighted by molar-refractivity contribution is 7.99. The Bertz CT molecular complexity index is 340. The molecule has 0 spiro atoms. The van der Waals surface area contributed by atoms with Crippen molar-refractivity contribution in [3.05, 3.63) is 18.2 Å². The normalized spacial score (nSPS) is 19.5. The second kappa shape index (κ2) is 6.87. The standard InChI is InChI=1S/C13H20N2OS/c1-2-8-14-12-6-3-7-13(15-12)17-10-11-5-4-9-16-11/h3,6-7,11H,2,4-5,8-10H2,1H3,(H,14,15). The molecule has 0 aromatic carbocycles. The molecule has 1 saturated heterocycles. The summed E-state index contributed by atoms with van der Waals surface area (Å²) in [6, 6.07) is 6.14. The first-order chi connectivity index (χ1) is 8.38. The van der Waals surface area contributed by atoms with Crippen LogP contribution >= 0.6 is 11.8 Å². The minimum absolute atomic E-state index is 0.425. The van der Waals surface area contributed by atoms with E-state index in [0.29, 0.717) is 6.10 Å². The van der Waals surface area contributed by atoms with Crippen molar-refractivity contribution in [3.8, 4) is 0 Å². The molecule has 0 radical (unpaired) electrons. The summed E-state index contributed by atoms with van der Waals surface area (Å²) in [5.74, 6) is 1.99. The van der Waals surface area contributed by atoms with Gasteiger partial charge in [-0.15, -0.1) is 11.8 Å². The zero-order valence-electron chi connectivity index (χ0n) is 10.3. The van der Waals surface area contributed by atoms with E-state index in [1.54, 1.807) is 11.8 Å². The van der Waals surface area contributed by atoms with Gasteiger partial charge in [0.2, 0.25) is 0 Å². The van der Waals surface area contributed by atoms with Gasteiger partial charge in [-0.1, -0.05) is 13.0 Å². The lowest BCUT2D eigenvalue weighted by Gasteiger charge is -2.09. The molecule has 1 aliphatic rings. The monoisotopic (exact) mass is 252 g/mol. The highest BCUT2D eigenvalue weighted by Crippen LogP contribution is 2.23. The molecule has 0 bridgehead atoms. The Kier molecular flexibility index (Phi) is 5.13. The Labute approximate surface area is 107 Å². The summed E-state index contributed by atoms with van der Waals surface area (Å²) in [6.45, 7) is 4.06. The molecular formula is C13H20N2OS. The number of nitrogens with one attached hydrogen (secondary N) is 1. The molecule has 17 heavy (non-hydrogen) atoms. The number of anilines is 1. The maximum absolute atomic E-state index is 5.61. The highest BCUT2D eigenvalue weighted by Gasteiger charge is 2.15. The minimum Gasteiger partial charge on any atom is -0.377 e. The number of hydrogen-bond donors (Lipinski definition) is 1. The molecule has 0 amide bonds. The van der Waals surface area contributed by atoms with Crippen LogP contribution in [0.25, 0.3) is 0 Å². The number of hydrogen-bond acceptors (Lipinski definition) is 4. The van der Waals surface area contributed by atoms with E-state index in [-0.39, 0.29) is 0 Å². The molecular weight excluding hydrogens is 232 g/mol. The summed E-state index contributed by atoms with van der Waals surface area (Å²) in [5, 5.41) is 4.39. The molecule has 1 aromatic heterocycles. The van der Waals surface area contributed by atoms with Crippen LogP contribution in [0.2, 0.25) is 0 Å². The minimum atomic E-state index is 0.425. The molecule has 1 fully saturated rings. The average molecular weight is 252 g/mol. The molecule has 2 heterocycles. The van der Waals surface area contributed by atoms with Gasteiger partial charge in [-0.2, -0.15) is 0 Å². The summed E-state index contributed by atoms with van der Waals surface area (Å²) in [6.07, 6.45) is 3.95. The fourth-order valence-corrected chi connectivity index (χ4v) is 2.76. The van der Waals surface area contributed by atoms with E-state index in [2.05, 4.69) is 29.4 Å². The summed E-state index contributed by atoms with van der Waals surface area (Å²) < 4.78 is 5.61. The highest BCUT2D eigenvalue weighted by atomic mass is 32.2. The van der Waals surface area contributed by atoms with Crippen molar-refractivity contribution in [2.45, 2.75) is 37.3 Å². The third kappa shape index (κ3) is 4.21. The second-order valence-electron chi connectivity index (χ2n) is 4.23. The molecule has 2 rings (SSSR count). The topological polar surface area (TPSA) is 34.1 Å². The van der Waals surface area contributed by atoms with Gasteiger partial charge in [0, 0.05) is 18.9 Å². The molecule has 94 valence electrons. The molecule has 1 unspecified atom stereocenters. The maximum Gasteiger partial charge on any atom is 0.127 e. The van der Waals surface area contributed by atoms with Crippen LogP contribution in [0.5, 0.6) is 0 Å². The molecule has 0 aliphatic carbocycles. The summed E-state index contributed by atoms with van der Waals surface area (Å²) in [7, 11) is 0. The summed E-state index contributed by atoms with van der Waals surface area (Å²) in [4.78, 5) is 4.57. The van der Waals surface area contributed by atoms with Crippen LogP contribution in [0.4, 0.5) is 5.82 Å². The van der Waals surface area contributed by atoms with Crippen LogP contribution < -0.4 is 5.32 Å². The molecule has 1 aliphatic heterocycles. The Balaban J connectivity index is 1.82. The Morgan fingerprint density at radius 3 is 3.24 bits per heavy atom. The van der Waals surface area contributed by atoms with Crippen molar-refractivity contribution in [2.24, 2.45) is 0 Å². The van der Waals surface area contributed by atoms with E-state index < -0.39 is 0 Å². The van der Waals surface area contributed by atoms with Crippen LogP contribution in [0.1, 0.15) is 26.2 Å². The van der Waals surface area contributed by atoms with Gasteiger partial charge < -0.3 is 10.1 Å². The molecule has 0 saturated carbocycles. The van der Waals surface area contributed by atoms with Gasteiger partial charge >= 0.3 is 0 Å². The lowest BCUT2D eigenvalue weighted by atomic mass is 10.3. The number of pyridine rings is 1. The van der Waals surface area contributed by atoms with Crippen molar-refractivity contribution in [1.82, 2.24) is 4.98 Å². The van der Waals surface area contributed by atoms with Crippen molar-refractivity contribution in [3.63, 3.8) is 0 Å². The fraction of sp³-hybridized carbons (Fsp3) is 0.615. The zero-order valence-corrected chi connectivity index (χ0v) is 11.1. The van der Waals surface area contributed by atoms with Crippen LogP contribution in [-0.2, 0) is 4.74 Å². The number of aromatic nitrogens is 1. The van der Waals surface area contributed by atoms with Crippen LogP contribution in [0, 0.1) is 0 Å². The number of thioether (sulfide) groups is 1. The maximum atomic E-state index is 5.61. The lowest BCUT2D eigenvalue weighted by Crippen LogP contribution is -2.08. The van der Waals surface area contributed by atoms with Crippen molar-refractivity contribution in [1.29, 1.82) is 0 Å². The van der Waals surface area contributed by atoms with E-state index in [9.17, 15) is 0 Å². The van der Waals surface area contributed by atoms with Gasteiger partial charge in [-0.25, -0.2) is 4.98 Å². The predicted octanol–water partition coefficient (Wildman–Crippen LogP) is 3.17. The SMILES string of the molecule is CCCNc1cccc(SCC2CCCO2)n1. The quantitative estimate of drug-likeness (QED) is 0.789. The Morgan fingerprint density at radius 2 is 2.47 bits per heavy atom. The predicted molar refractivity (Wildman–Crippen MR) is 72.7 cm³/mol. The van der Waals surface area contributed by atoms with E-state index in [0.717, 1.165) is 36.2 Å². The van der Waals surface area contributed by atoms with Gasteiger partial charge in [-0.05, 0) is 31.4 Å². The third-order valence-electron chi connectivity index (χ3n) is 2.72. The van der Waals surface area contributed by atoms with Crippen LogP contribution in [0.15, 0.2) is 23.2 Å². The Hall–Kier alpha value is -0.740. The molecule has 1 N–H and O–H groups in total. The van der Waals surface area contributed by atoms with Crippen molar-refractivity contribution < 1.29 is 4.74 Å². The van der Waals surface area contributed by atoms with Crippen molar-refractivity contribution >= 4 is 17.6 Å². The fourth-order valence-electron chi connectivity index (χ4n) is 1.80. The average Bonchev–Trinajstić information content (AvgIpc) is 2.87. The first kappa shape index (κ1) is 12.7. The first-order valence-electron chi connectivity index (χ1n) is 6.34. The molecule has 1 aromatic rings. The van der Waals surface area contributed by atoms with Crippen LogP contribution in [-0.4, -0.2) is 30.0 Å². The van der Waals surface area contributed by atoms with Crippen molar-refractivity contribution in [2.75, 3.05) is 24.2 Å². The molecule has 4 heteroatoms. The lowest BCUT2D eigenvalue weighted by molar-refractivity contribution is 0.129. The smallest absolute Gasteiger partial charge is 0.127 e. The molecule has 3 nitrogen and oxygen atoms in total. The number of rotatable bonds is 6. The summed E-state index contributed by atoms with van der Waals surface area (Å²) >= 11 is 1.79. The Morgan fingerprint density at radius 1 is 1.53 bits per heavy atom. The largest absolute Gasteiger partial charge is 0.377 e. The summed E-state index contributed by atoms with van der Waals surface area (Å²) in [5.41, 5.74) is 0. The van der Waals surface area contributed by atoms with Gasteiger partial charge in [-0.3, -0.25) is 0 Å². The van der Waals surface area contributed by atoms with Gasteiger partial charge in [0.15, 0.2) is 0 Å². The van der Waals surface area contributed by atoms with E-state index >= 15 is 0 Å². The zero-order chi connectivity index (χ0) is 11.9. The van der Waals surface area contributed by atoms with Gasteiger partial charge in [0.05, 0.1) is 11.1 Å². The number of nitrogens with zero attached hydrogens (tertiary/aromatic N) is 1. The van der Waals surface area contributed by atoms with Gasteiger partial charge in [0.25, 0.3) is 0 Å².